The van der Waals surface area contributed by atoms with Crippen molar-refractivity contribution in [1.29, 1.82) is 0 Å². The predicted molar refractivity (Wildman–Crippen MR) is 63.5 cm³/mol. The van der Waals surface area contributed by atoms with Gasteiger partial charge in [0.25, 0.3) is 0 Å². The number of methoxy groups -OCH3 is 1. The van der Waals surface area contributed by atoms with Crippen LogP contribution in [0.15, 0.2) is 23.0 Å². The fraction of sp³-hybridized carbons (Fsp3) is 0.714. The number of rotatable bonds is 1. The van der Waals surface area contributed by atoms with E-state index in [1.165, 1.54) is 30.6 Å². The van der Waals surface area contributed by atoms with E-state index in [0.29, 0.717) is 5.41 Å². The van der Waals surface area contributed by atoms with Gasteiger partial charge in [-0.15, -0.1) is 0 Å². The summed E-state index contributed by atoms with van der Waals surface area (Å²) in [6.45, 7) is 6.94. The van der Waals surface area contributed by atoms with Gasteiger partial charge >= 0.3 is 0 Å². The van der Waals surface area contributed by atoms with Crippen molar-refractivity contribution in [2.24, 2.45) is 11.3 Å². The highest BCUT2D eigenvalue weighted by molar-refractivity contribution is 5.35. The van der Waals surface area contributed by atoms with Crippen molar-refractivity contribution < 1.29 is 4.74 Å². The molecule has 0 bridgehead atoms. The summed E-state index contributed by atoms with van der Waals surface area (Å²) in [7, 11) is 1.80. The van der Waals surface area contributed by atoms with Crippen LogP contribution in [0.1, 0.15) is 46.5 Å². The summed E-state index contributed by atoms with van der Waals surface area (Å²) >= 11 is 0. The molecule has 0 aromatic rings. The number of hydrogen-bond donors (Lipinski definition) is 0. The Kier molecular flexibility index (Phi) is 2.66. The number of allylic oxidation sites excluding steroid dienone is 4. The summed E-state index contributed by atoms with van der Waals surface area (Å²) in [6.07, 6.45) is 7.55. The third-order valence-corrected chi connectivity index (χ3v) is 4.07. The second kappa shape index (κ2) is 3.70. The normalized spacial score (nSPS) is 29.6. The topological polar surface area (TPSA) is 9.23 Å². The third-order valence-electron chi connectivity index (χ3n) is 4.07. The molecule has 0 aliphatic heterocycles. The Labute approximate surface area is 93.2 Å². The molecule has 0 spiro atoms. The molecule has 2 rings (SSSR count). The van der Waals surface area contributed by atoms with Crippen LogP contribution in [0.3, 0.4) is 0 Å². The summed E-state index contributed by atoms with van der Waals surface area (Å²) in [4.78, 5) is 0. The van der Waals surface area contributed by atoms with E-state index in [1.807, 2.05) is 0 Å². The van der Waals surface area contributed by atoms with Crippen LogP contribution in [-0.2, 0) is 4.74 Å². The van der Waals surface area contributed by atoms with Crippen molar-refractivity contribution in [2.45, 2.75) is 46.5 Å². The maximum atomic E-state index is 5.46. The first kappa shape index (κ1) is 10.8. The molecule has 2 aliphatic rings. The standard InChI is InChI=1S/C14H22O/c1-10-8-12-11(9-13(10)15-4)6-5-7-14(12,2)3/h8,11H,5-7,9H2,1-4H3. The maximum Gasteiger partial charge on any atom is 0.0990 e. The Hall–Kier alpha value is -0.720. The predicted octanol–water partition coefficient (Wildman–Crippen LogP) is 4.06. The fourth-order valence-corrected chi connectivity index (χ4v) is 3.11. The third kappa shape index (κ3) is 1.84. The van der Waals surface area contributed by atoms with Crippen LogP contribution >= 0.6 is 0 Å². The van der Waals surface area contributed by atoms with Crippen molar-refractivity contribution >= 4 is 0 Å². The first-order valence-corrected chi connectivity index (χ1v) is 6.00. The van der Waals surface area contributed by atoms with Crippen LogP contribution in [-0.4, -0.2) is 7.11 Å². The monoisotopic (exact) mass is 206 g/mol. The van der Waals surface area contributed by atoms with Crippen LogP contribution in [0.4, 0.5) is 0 Å². The number of hydrogen-bond acceptors (Lipinski definition) is 1. The molecule has 1 heteroatoms. The molecular weight excluding hydrogens is 184 g/mol. The van der Waals surface area contributed by atoms with Crippen molar-refractivity contribution in [1.82, 2.24) is 0 Å². The second-order valence-electron chi connectivity index (χ2n) is 5.59. The van der Waals surface area contributed by atoms with Crippen molar-refractivity contribution in [3.05, 3.63) is 23.0 Å². The van der Waals surface area contributed by atoms with E-state index in [0.717, 1.165) is 12.3 Å². The van der Waals surface area contributed by atoms with Crippen LogP contribution in [0, 0.1) is 11.3 Å². The van der Waals surface area contributed by atoms with Gasteiger partial charge in [0.1, 0.15) is 0 Å². The lowest BCUT2D eigenvalue weighted by atomic mass is 9.65. The van der Waals surface area contributed by atoms with Gasteiger partial charge in [0.2, 0.25) is 0 Å². The first-order chi connectivity index (χ1) is 7.04. The van der Waals surface area contributed by atoms with Crippen LogP contribution in [0.25, 0.3) is 0 Å². The highest BCUT2D eigenvalue weighted by atomic mass is 16.5. The molecule has 2 aliphatic carbocycles. The van der Waals surface area contributed by atoms with E-state index in [1.54, 1.807) is 12.7 Å². The lowest BCUT2D eigenvalue weighted by Crippen LogP contribution is -2.29. The molecule has 15 heavy (non-hydrogen) atoms. The lowest BCUT2D eigenvalue weighted by Gasteiger charge is -2.41. The minimum atomic E-state index is 0.406. The summed E-state index contributed by atoms with van der Waals surface area (Å²) < 4.78 is 5.46. The van der Waals surface area contributed by atoms with E-state index in [4.69, 9.17) is 4.74 Å². The van der Waals surface area contributed by atoms with Gasteiger partial charge in [-0.25, -0.2) is 0 Å². The molecule has 0 aromatic carbocycles. The Bertz CT molecular complexity index is 320. The molecular formula is C14H22O. The molecule has 0 amide bonds. The number of fused-ring (bicyclic) bond motifs is 1. The minimum Gasteiger partial charge on any atom is -0.501 e. The summed E-state index contributed by atoms with van der Waals surface area (Å²) in [5.41, 5.74) is 3.40. The van der Waals surface area contributed by atoms with Gasteiger partial charge < -0.3 is 4.74 Å². The van der Waals surface area contributed by atoms with Crippen LogP contribution in [0.2, 0.25) is 0 Å². The average Bonchev–Trinajstić information content (AvgIpc) is 2.18. The number of ether oxygens (including phenoxy) is 1. The van der Waals surface area contributed by atoms with E-state index >= 15 is 0 Å². The zero-order valence-electron chi connectivity index (χ0n) is 10.4. The first-order valence-electron chi connectivity index (χ1n) is 6.00. The Morgan fingerprint density at radius 2 is 2.13 bits per heavy atom. The highest BCUT2D eigenvalue weighted by Gasteiger charge is 2.35. The molecule has 1 fully saturated rings. The molecule has 1 nitrogen and oxygen atoms in total. The molecule has 1 unspecified atom stereocenters. The van der Waals surface area contributed by atoms with Gasteiger partial charge in [-0.3, -0.25) is 0 Å². The van der Waals surface area contributed by atoms with E-state index in [9.17, 15) is 0 Å². The van der Waals surface area contributed by atoms with Gasteiger partial charge in [-0.05, 0) is 36.7 Å². The Morgan fingerprint density at radius 3 is 2.80 bits per heavy atom. The van der Waals surface area contributed by atoms with Crippen LogP contribution in [0.5, 0.6) is 0 Å². The van der Waals surface area contributed by atoms with Crippen molar-refractivity contribution in [2.75, 3.05) is 7.11 Å². The molecule has 0 N–H and O–H groups in total. The molecule has 1 saturated carbocycles. The fourth-order valence-electron chi connectivity index (χ4n) is 3.11. The SMILES string of the molecule is COC1=C(C)C=C2C(CCCC2(C)C)C1. The zero-order chi connectivity index (χ0) is 11.1. The van der Waals surface area contributed by atoms with Gasteiger partial charge in [-0.2, -0.15) is 0 Å². The molecule has 0 heterocycles. The second-order valence-corrected chi connectivity index (χ2v) is 5.59. The Balaban J connectivity index is 2.35. The van der Waals surface area contributed by atoms with Crippen molar-refractivity contribution in [3.63, 3.8) is 0 Å². The highest BCUT2D eigenvalue weighted by Crippen LogP contribution is 2.48. The lowest BCUT2D eigenvalue weighted by molar-refractivity contribution is 0.219. The van der Waals surface area contributed by atoms with Gasteiger partial charge in [0.15, 0.2) is 0 Å². The zero-order valence-corrected chi connectivity index (χ0v) is 10.4. The van der Waals surface area contributed by atoms with Gasteiger partial charge in [0, 0.05) is 6.42 Å². The average molecular weight is 206 g/mol. The van der Waals surface area contributed by atoms with Crippen molar-refractivity contribution in [3.8, 4) is 0 Å². The summed E-state index contributed by atoms with van der Waals surface area (Å²) in [6, 6.07) is 0. The largest absolute Gasteiger partial charge is 0.501 e. The van der Waals surface area contributed by atoms with E-state index < -0.39 is 0 Å². The summed E-state index contributed by atoms with van der Waals surface area (Å²) in [5, 5.41) is 0. The quantitative estimate of drug-likeness (QED) is 0.628. The smallest absolute Gasteiger partial charge is 0.0990 e. The van der Waals surface area contributed by atoms with Gasteiger partial charge in [-0.1, -0.05) is 31.9 Å². The molecule has 0 saturated heterocycles. The Morgan fingerprint density at radius 1 is 1.40 bits per heavy atom. The molecule has 0 radical (unpaired) electrons. The van der Waals surface area contributed by atoms with E-state index in [-0.39, 0.29) is 0 Å². The molecule has 84 valence electrons. The van der Waals surface area contributed by atoms with Crippen LogP contribution < -0.4 is 0 Å². The minimum absolute atomic E-state index is 0.406. The summed E-state index contributed by atoms with van der Waals surface area (Å²) in [5.74, 6) is 1.94. The maximum absolute atomic E-state index is 5.46. The van der Waals surface area contributed by atoms with E-state index in [2.05, 4.69) is 26.8 Å². The molecule has 1 atom stereocenters. The molecule has 0 aromatic heterocycles. The van der Waals surface area contributed by atoms with Gasteiger partial charge in [0.05, 0.1) is 12.9 Å².